The van der Waals surface area contributed by atoms with Crippen LogP contribution >= 0.6 is 11.5 Å². The fourth-order valence-electron chi connectivity index (χ4n) is 2.19. The molecule has 2 heterocycles. The molecule has 1 atom stereocenters. The van der Waals surface area contributed by atoms with Crippen LogP contribution in [0, 0.1) is 6.92 Å². The molecular formula is C11H17N3O2S. The summed E-state index contributed by atoms with van der Waals surface area (Å²) >= 11 is 1.24. The highest BCUT2D eigenvalue weighted by atomic mass is 32.1. The predicted octanol–water partition coefficient (Wildman–Crippen LogP) is 1.66. The van der Waals surface area contributed by atoms with Crippen molar-refractivity contribution in [1.29, 1.82) is 0 Å². The van der Waals surface area contributed by atoms with E-state index in [1.54, 1.807) is 6.92 Å². The number of rotatable bonds is 3. The summed E-state index contributed by atoms with van der Waals surface area (Å²) in [7, 11) is 2.09. The molecule has 1 saturated heterocycles. The number of aryl methyl sites for hydroxylation is 1. The van der Waals surface area contributed by atoms with Crippen LogP contribution in [0.2, 0.25) is 0 Å². The number of nitrogens with zero attached hydrogens (tertiary/aromatic N) is 2. The highest BCUT2D eigenvalue weighted by Crippen LogP contribution is 2.26. The summed E-state index contributed by atoms with van der Waals surface area (Å²) in [6.07, 6.45) is 2.23. The molecule has 94 valence electrons. The van der Waals surface area contributed by atoms with Gasteiger partial charge in [-0.2, -0.15) is 4.37 Å². The maximum atomic E-state index is 11.1. The van der Waals surface area contributed by atoms with E-state index in [2.05, 4.69) is 21.6 Å². The standard InChI is InChI=1S/C11H17N3O2S/c1-7-9(11(15)16)10(17-13-7)12-8-4-3-5-14(2)6-8/h8,12H,3-6H2,1-2H3,(H,15,16). The minimum atomic E-state index is -0.900. The first kappa shape index (κ1) is 12.3. The van der Waals surface area contributed by atoms with Crippen molar-refractivity contribution >= 4 is 22.5 Å². The lowest BCUT2D eigenvalue weighted by atomic mass is 10.1. The molecular weight excluding hydrogens is 238 g/mol. The van der Waals surface area contributed by atoms with Crippen molar-refractivity contribution in [2.75, 3.05) is 25.5 Å². The Kier molecular flexibility index (Phi) is 3.63. The summed E-state index contributed by atoms with van der Waals surface area (Å²) in [5, 5.41) is 13.1. The molecule has 0 bridgehead atoms. The van der Waals surface area contributed by atoms with Crippen LogP contribution < -0.4 is 5.32 Å². The second kappa shape index (κ2) is 5.01. The van der Waals surface area contributed by atoms with E-state index in [1.807, 2.05) is 0 Å². The molecule has 1 aromatic rings. The Morgan fingerprint density at radius 3 is 3.06 bits per heavy atom. The lowest BCUT2D eigenvalue weighted by Crippen LogP contribution is -2.39. The number of carboxylic acid groups (broad SMARTS) is 1. The van der Waals surface area contributed by atoms with Gasteiger partial charge in [0, 0.05) is 12.6 Å². The maximum absolute atomic E-state index is 11.1. The number of carbonyl (C=O) groups is 1. The van der Waals surface area contributed by atoms with Gasteiger partial charge in [0.1, 0.15) is 10.6 Å². The highest BCUT2D eigenvalue weighted by Gasteiger charge is 2.22. The molecule has 5 nitrogen and oxygen atoms in total. The van der Waals surface area contributed by atoms with Gasteiger partial charge in [-0.25, -0.2) is 4.79 Å². The van der Waals surface area contributed by atoms with Gasteiger partial charge >= 0.3 is 5.97 Å². The topological polar surface area (TPSA) is 65.5 Å². The first-order valence-electron chi connectivity index (χ1n) is 5.72. The van der Waals surface area contributed by atoms with E-state index in [0.717, 1.165) is 25.9 Å². The van der Waals surface area contributed by atoms with Crippen LogP contribution in [0.25, 0.3) is 0 Å². The van der Waals surface area contributed by atoms with Crippen LogP contribution in [0.4, 0.5) is 5.00 Å². The van der Waals surface area contributed by atoms with E-state index in [0.29, 0.717) is 22.3 Å². The Bertz CT molecular complexity index is 419. The molecule has 2 rings (SSSR count). The van der Waals surface area contributed by atoms with Gasteiger partial charge in [0.25, 0.3) is 0 Å². The lowest BCUT2D eigenvalue weighted by Gasteiger charge is -2.30. The fraction of sp³-hybridized carbons (Fsp3) is 0.636. The molecule has 0 aliphatic carbocycles. The van der Waals surface area contributed by atoms with Crippen molar-refractivity contribution in [3.63, 3.8) is 0 Å². The van der Waals surface area contributed by atoms with Gasteiger partial charge in [0.2, 0.25) is 0 Å². The largest absolute Gasteiger partial charge is 0.478 e. The number of anilines is 1. The normalized spacial score (nSPS) is 21.4. The molecule has 6 heteroatoms. The van der Waals surface area contributed by atoms with Crippen molar-refractivity contribution < 1.29 is 9.90 Å². The summed E-state index contributed by atoms with van der Waals surface area (Å²) in [5.74, 6) is -0.900. The molecule has 0 radical (unpaired) electrons. The van der Waals surface area contributed by atoms with E-state index < -0.39 is 5.97 Å². The van der Waals surface area contributed by atoms with Crippen molar-refractivity contribution in [3.05, 3.63) is 11.3 Å². The van der Waals surface area contributed by atoms with E-state index in [9.17, 15) is 4.79 Å². The molecule has 1 aromatic heterocycles. The quantitative estimate of drug-likeness (QED) is 0.860. The summed E-state index contributed by atoms with van der Waals surface area (Å²) in [6, 6.07) is 0.326. The number of likely N-dealkylation sites (N-methyl/N-ethyl adjacent to an activating group) is 1. The van der Waals surface area contributed by atoms with Gasteiger partial charge < -0.3 is 15.3 Å². The maximum Gasteiger partial charge on any atom is 0.340 e. The van der Waals surface area contributed by atoms with Gasteiger partial charge in [-0.1, -0.05) is 0 Å². The number of aromatic carboxylic acids is 1. The van der Waals surface area contributed by atoms with E-state index >= 15 is 0 Å². The third kappa shape index (κ3) is 2.76. The lowest BCUT2D eigenvalue weighted by molar-refractivity contribution is 0.0697. The molecule has 17 heavy (non-hydrogen) atoms. The molecule has 0 amide bonds. The minimum absolute atomic E-state index is 0.322. The van der Waals surface area contributed by atoms with Crippen LogP contribution in [0.1, 0.15) is 28.9 Å². The van der Waals surface area contributed by atoms with Crippen molar-refractivity contribution in [2.24, 2.45) is 0 Å². The van der Waals surface area contributed by atoms with Crippen LogP contribution in [-0.2, 0) is 0 Å². The van der Waals surface area contributed by atoms with E-state index in [4.69, 9.17) is 5.11 Å². The van der Waals surface area contributed by atoms with Crippen LogP contribution in [-0.4, -0.2) is 46.5 Å². The van der Waals surface area contributed by atoms with Crippen molar-refractivity contribution in [3.8, 4) is 0 Å². The first-order chi connectivity index (χ1) is 8.08. The summed E-state index contributed by atoms with van der Waals surface area (Å²) in [4.78, 5) is 13.4. The predicted molar refractivity (Wildman–Crippen MR) is 68.0 cm³/mol. The fourth-order valence-corrected chi connectivity index (χ4v) is 3.05. The Hall–Kier alpha value is -1.14. The summed E-state index contributed by atoms with van der Waals surface area (Å²) < 4.78 is 4.11. The molecule has 1 aliphatic rings. The van der Waals surface area contributed by atoms with E-state index in [1.165, 1.54) is 11.5 Å². The average molecular weight is 255 g/mol. The van der Waals surface area contributed by atoms with Gasteiger partial charge in [-0.15, -0.1) is 0 Å². The van der Waals surface area contributed by atoms with Crippen LogP contribution in [0.5, 0.6) is 0 Å². The molecule has 1 unspecified atom stereocenters. The third-order valence-corrected chi connectivity index (χ3v) is 3.91. The number of aromatic nitrogens is 1. The highest BCUT2D eigenvalue weighted by molar-refractivity contribution is 7.10. The molecule has 2 N–H and O–H groups in total. The van der Waals surface area contributed by atoms with Gasteiger partial charge in [-0.05, 0) is 44.9 Å². The number of hydrogen-bond donors (Lipinski definition) is 2. The Morgan fingerprint density at radius 1 is 1.65 bits per heavy atom. The smallest absolute Gasteiger partial charge is 0.340 e. The third-order valence-electron chi connectivity index (χ3n) is 3.04. The summed E-state index contributed by atoms with van der Waals surface area (Å²) in [6.45, 7) is 3.81. The molecule has 0 aromatic carbocycles. The zero-order valence-corrected chi connectivity index (χ0v) is 10.9. The van der Waals surface area contributed by atoms with Gasteiger partial charge in [-0.3, -0.25) is 0 Å². The number of nitrogens with one attached hydrogen (secondary N) is 1. The van der Waals surface area contributed by atoms with Crippen molar-refractivity contribution in [1.82, 2.24) is 9.27 Å². The number of piperidine rings is 1. The van der Waals surface area contributed by atoms with Gasteiger partial charge in [0.05, 0.1) is 5.69 Å². The minimum Gasteiger partial charge on any atom is -0.478 e. The first-order valence-corrected chi connectivity index (χ1v) is 6.50. The Morgan fingerprint density at radius 2 is 2.41 bits per heavy atom. The Balaban J connectivity index is 2.10. The number of hydrogen-bond acceptors (Lipinski definition) is 5. The Labute approximate surface area is 105 Å². The second-order valence-corrected chi connectivity index (χ2v) is 5.30. The zero-order valence-electron chi connectivity index (χ0n) is 10.1. The number of likely N-dealkylation sites (tertiary alicyclic amines) is 1. The molecule has 0 saturated carbocycles. The molecule has 1 aliphatic heterocycles. The zero-order chi connectivity index (χ0) is 12.4. The average Bonchev–Trinajstić information content (AvgIpc) is 2.59. The monoisotopic (exact) mass is 255 g/mol. The SMILES string of the molecule is Cc1nsc(NC2CCCN(C)C2)c1C(=O)O. The molecule has 0 spiro atoms. The van der Waals surface area contributed by atoms with Crippen LogP contribution in [0.3, 0.4) is 0 Å². The molecule has 1 fully saturated rings. The van der Waals surface area contributed by atoms with Crippen molar-refractivity contribution in [2.45, 2.75) is 25.8 Å². The summed E-state index contributed by atoms with van der Waals surface area (Å²) in [5.41, 5.74) is 0.914. The van der Waals surface area contributed by atoms with Gasteiger partial charge in [0.15, 0.2) is 0 Å². The van der Waals surface area contributed by atoms with Crippen LogP contribution in [0.15, 0.2) is 0 Å². The second-order valence-electron chi connectivity index (χ2n) is 4.52. The van der Waals surface area contributed by atoms with E-state index in [-0.39, 0.29) is 0 Å². The number of carboxylic acids is 1.